The number of nitrogens with zero attached hydrogens (tertiary/aromatic N) is 1. The fourth-order valence-electron chi connectivity index (χ4n) is 5.60. The maximum absolute atomic E-state index is 2.35. The minimum atomic E-state index is 0.865. The van der Waals surface area contributed by atoms with Crippen LogP contribution in [-0.2, 0) is 12.8 Å². The topological polar surface area (TPSA) is 3.24 Å². The van der Waals surface area contributed by atoms with Crippen LogP contribution in [0.15, 0.2) is 163 Å². The molecule has 0 saturated heterocycles. The Hall–Kier alpha value is -4.88. The third kappa shape index (κ3) is 6.70. The Morgan fingerprint density at radius 3 is 1.67 bits per heavy atom. The second kappa shape index (κ2) is 13.2. The van der Waals surface area contributed by atoms with Crippen LogP contribution in [0.2, 0.25) is 0 Å². The van der Waals surface area contributed by atoms with Crippen molar-refractivity contribution in [2.75, 3.05) is 4.90 Å². The number of anilines is 3. The normalized spacial score (nSPS) is 12.5. The van der Waals surface area contributed by atoms with E-state index >= 15 is 0 Å². The van der Waals surface area contributed by atoms with Crippen LogP contribution in [0, 0.1) is 6.92 Å². The number of benzene rings is 5. The van der Waals surface area contributed by atoms with Gasteiger partial charge in [-0.1, -0.05) is 133 Å². The summed E-state index contributed by atoms with van der Waals surface area (Å²) in [5.74, 6) is 0. The quantitative estimate of drug-likeness (QED) is 0.179. The molecule has 5 aromatic carbocycles. The molecular formula is C41H37N. The number of aryl methyl sites for hydroxylation is 1. The zero-order chi connectivity index (χ0) is 28.6. The number of rotatable bonds is 9. The molecule has 0 N–H and O–H groups in total. The van der Waals surface area contributed by atoms with Crippen LogP contribution < -0.4 is 4.90 Å². The first-order chi connectivity index (χ1) is 20.7. The van der Waals surface area contributed by atoms with Gasteiger partial charge in [-0.05, 0) is 96.8 Å². The molecule has 0 unspecified atom stereocenters. The lowest BCUT2D eigenvalue weighted by atomic mass is 9.96. The Kier molecular flexibility index (Phi) is 8.57. The van der Waals surface area contributed by atoms with E-state index in [1.807, 2.05) is 0 Å². The lowest BCUT2D eigenvalue weighted by molar-refractivity contribution is 0.911. The SMILES string of the molecule is Cc1ccc(N(c2ccc(CC=C(c3ccccc3)c3ccccc3)cc2)c2ccc(CC3=CC=CCC3)cc2)cc1. The third-order valence-corrected chi connectivity index (χ3v) is 7.92. The molecule has 0 saturated carbocycles. The van der Waals surface area contributed by atoms with Crippen molar-refractivity contribution in [3.05, 3.63) is 191 Å². The smallest absolute Gasteiger partial charge is 0.0461 e. The van der Waals surface area contributed by atoms with E-state index in [-0.39, 0.29) is 0 Å². The van der Waals surface area contributed by atoms with E-state index in [1.54, 1.807) is 0 Å². The molecule has 0 bridgehead atoms. The van der Waals surface area contributed by atoms with Crippen molar-refractivity contribution in [2.45, 2.75) is 32.6 Å². The highest BCUT2D eigenvalue weighted by Crippen LogP contribution is 2.35. The first kappa shape index (κ1) is 27.3. The van der Waals surface area contributed by atoms with Crippen molar-refractivity contribution in [1.82, 2.24) is 0 Å². The van der Waals surface area contributed by atoms with Crippen LogP contribution in [0.4, 0.5) is 17.1 Å². The largest absolute Gasteiger partial charge is 0.311 e. The summed E-state index contributed by atoms with van der Waals surface area (Å²) in [5.41, 5.74) is 12.7. The number of allylic oxidation sites excluding steroid dienone is 5. The molecule has 42 heavy (non-hydrogen) atoms. The molecule has 5 aromatic rings. The number of hydrogen-bond donors (Lipinski definition) is 0. The lowest BCUT2D eigenvalue weighted by Crippen LogP contribution is -2.10. The van der Waals surface area contributed by atoms with Crippen molar-refractivity contribution in [1.29, 1.82) is 0 Å². The highest BCUT2D eigenvalue weighted by Gasteiger charge is 2.13. The summed E-state index contributed by atoms with van der Waals surface area (Å²) in [6.45, 7) is 2.14. The van der Waals surface area contributed by atoms with Gasteiger partial charge >= 0.3 is 0 Å². The summed E-state index contributed by atoms with van der Waals surface area (Å²) in [6, 6.07) is 48.3. The van der Waals surface area contributed by atoms with Crippen LogP contribution in [-0.4, -0.2) is 0 Å². The molecule has 0 heterocycles. The second-order valence-corrected chi connectivity index (χ2v) is 11.0. The minimum Gasteiger partial charge on any atom is -0.311 e. The van der Waals surface area contributed by atoms with Crippen molar-refractivity contribution in [2.24, 2.45) is 0 Å². The van der Waals surface area contributed by atoms with Crippen molar-refractivity contribution < 1.29 is 0 Å². The first-order valence-corrected chi connectivity index (χ1v) is 14.9. The van der Waals surface area contributed by atoms with E-state index in [4.69, 9.17) is 0 Å². The van der Waals surface area contributed by atoms with E-state index in [0.717, 1.165) is 37.1 Å². The highest BCUT2D eigenvalue weighted by molar-refractivity contribution is 5.80. The van der Waals surface area contributed by atoms with Gasteiger partial charge in [0, 0.05) is 17.1 Å². The Labute approximate surface area is 250 Å². The molecule has 0 radical (unpaired) electrons. The van der Waals surface area contributed by atoms with E-state index in [2.05, 4.69) is 170 Å². The van der Waals surface area contributed by atoms with Gasteiger partial charge in [-0.2, -0.15) is 0 Å². The highest BCUT2D eigenvalue weighted by atomic mass is 15.1. The molecule has 0 aromatic heterocycles. The average molecular weight is 544 g/mol. The standard InChI is InChI=1S/C41H37N/c1-32-17-24-38(25-18-32)42(40-28-21-35(22-29-40)31-34-11-5-2-6-12-34)39-26-19-33(20-27-39)23-30-41(36-13-7-3-8-14-36)37-15-9-4-10-16-37/h2-5,7-11,13-22,24-30H,6,12,23,31H2,1H3. The maximum Gasteiger partial charge on any atom is 0.0461 e. The number of hydrogen-bond acceptors (Lipinski definition) is 1. The molecule has 0 amide bonds. The van der Waals surface area contributed by atoms with Gasteiger partial charge in [-0.25, -0.2) is 0 Å². The van der Waals surface area contributed by atoms with Gasteiger partial charge in [0.25, 0.3) is 0 Å². The molecule has 0 spiro atoms. The van der Waals surface area contributed by atoms with Crippen molar-refractivity contribution in [3.63, 3.8) is 0 Å². The monoisotopic (exact) mass is 543 g/mol. The zero-order valence-electron chi connectivity index (χ0n) is 24.3. The van der Waals surface area contributed by atoms with Gasteiger partial charge < -0.3 is 4.90 Å². The molecule has 6 rings (SSSR count). The van der Waals surface area contributed by atoms with E-state index in [1.165, 1.54) is 44.7 Å². The van der Waals surface area contributed by atoms with Crippen LogP contribution in [0.5, 0.6) is 0 Å². The summed E-state index contributed by atoms with van der Waals surface area (Å²) in [5, 5.41) is 0. The van der Waals surface area contributed by atoms with Gasteiger partial charge in [-0.15, -0.1) is 0 Å². The fourth-order valence-corrected chi connectivity index (χ4v) is 5.60. The van der Waals surface area contributed by atoms with E-state index in [0.29, 0.717) is 0 Å². The summed E-state index contributed by atoms with van der Waals surface area (Å²) in [6.07, 6.45) is 13.3. The summed E-state index contributed by atoms with van der Waals surface area (Å²) < 4.78 is 0. The molecule has 0 fully saturated rings. The van der Waals surface area contributed by atoms with Crippen LogP contribution in [0.25, 0.3) is 5.57 Å². The molecule has 206 valence electrons. The first-order valence-electron chi connectivity index (χ1n) is 14.9. The van der Waals surface area contributed by atoms with Crippen LogP contribution >= 0.6 is 0 Å². The van der Waals surface area contributed by atoms with Crippen LogP contribution in [0.3, 0.4) is 0 Å². The summed E-state index contributed by atoms with van der Waals surface area (Å²) >= 11 is 0. The molecule has 1 heteroatoms. The van der Waals surface area contributed by atoms with Gasteiger partial charge in [0.2, 0.25) is 0 Å². The molecule has 0 aliphatic heterocycles. The Morgan fingerprint density at radius 2 is 1.14 bits per heavy atom. The van der Waals surface area contributed by atoms with Gasteiger partial charge in [0.15, 0.2) is 0 Å². The van der Waals surface area contributed by atoms with E-state index < -0.39 is 0 Å². The van der Waals surface area contributed by atoms with Gasteiger partial charge in [0.1, 0.15) is 0 Å². The zero-order valence-corrected chi connectivity index (χ0v) is 24.3. The minimum absolute atomic E-state index is 0.865. The average Bonchev–Trinajstić information content (AvgIpc) is 3.05. The molecule has 1 aliphatic rings. The predicted octanol–water partition coefficient (Wildman–Crippen LogP) is 11.0. The summed E-state index contributed by atoms with van der Waals surface area (Å²) in [7, 11) is 0. The third-order valence-electron chi connectivity index (χ3n) is 7.92. The molecule has 1 nitrogen and oxygen atoms in total. The van der Waals surface area contributed by atoms with Gasteiger partial charge in [0.05, 0.1) is 0 Å². The van der Waals surface area contributed by atoms with Crippen molar-refractivity contribution in [3.8, 4) is 0 Å². The fraction of sp³-hybridized carbons (Fsp3) is 0.122. The molecular weight excluding hydrogens is 506 g/mol. The Bertz CT molecular complexity index is 1630. The maximum atomic E-state index is 2.35. The van der Waals surface area contributed by atoms with Crippen molar-refractivity contribution >= 4 is 22.6 Å². The second-order valence-electron chi connectivity index (χ2n) is 11.0. The van der Waals surface area contributed by atoms with Crippen LogP contribution in [0.1, 0.15) is 40.7 Å². The van der Waals surface area contributed by atoms with E-state index in [9.17, 15) is 0 Å². The predicted molar refractivity (Wildman–Crippen MR) is 180 cm³/mol. The summed E-state index contributed by atoms with van der Waals surface area (Å²) in [4.78, 5) is 2.35. The molecule has 0 atom stereocenters. The van der Waals surface area contributed by atoms with Gasteiger partial charge in [-0.3, -0.25) is 0 Å². The Balaban J connectivity index is 1.27. The Morgan fingerprint density at radius 1 is 0.619 bits per heavy atom. The molecule has 1 aliphatic carbocycles. The lowest BCUT2D eigenvalue weighted by Gasteiger charge is -2.26.